The summed E-state index contributed by atoms with van der Waals surface area (Å²) in [5.41, 5.74) is -1.30. The van der Waals surface area contributed by atoms with Crippen molar-refractivity contribution in [2.24, 2.45) is 7.05 Å². The lowest BCUT2D eigenvalue weighted by Gasteiger charge is -2.34. The fourth-order valence-corrected chi connectivity index (χ4v) is 3.88. The third kappa shape index (κ3) is 3.55. The summed E-state index contributed by atoms with van der Waals surface area (Å²) in [5, 5.41) is 0.209. The van der Waals surface area contributed by atoms with Crippen molar-refractivity contribution in [3.05, 3.63) is 61.9 Å². The Morgan fingerprint density at radius 3 is 2.37 bits per heavy atom. The van der Waals surface area contributed by atoms with E-state index in [0.29, 0.717) is 42.9 Å². The molecule has 7 nitrogen and oxygen atoms in total. The topological polar surface area (TPSA) is 73.0 Å². The Bertz CT molecular complexity index is 1210. The molecule has 30 heavy (non-hydrogen) atoms. The van der Waals surface area contributed by atoms with Crippen molar-refractivity contribution >= 4 is 28.6 Å². The first-order chi connectivity index (χ1) is 14.2. The maximum absolute atomic E-state index is 12.7. The van der Waals surface area contributed by atoms with Crippen LogP contribution < -0.4 is 16.0 Å². The third-order valence-corrected chi connectivity index (χ3v) is 5.56. The number of nitrogens with zero attached hydrogens (tertiary/aromatic N) is 5. The van der Waals surface area contributed by atoms with E-state index in [4.69, 9.17) is 11.6 Å². The Kier molecular flexibility index (Phi) is 5.05. The summed E-state index contributed by atoms with van der Waals surface area (Å²) in [4.78, 5) is 35.1. The molecule has 0 N–H and O–H groups in total. The number of anilines is 1. The molecule has 1 aliphatic rings. The summed E-state index contributed by atoms with van der Waals surface area (Å²) in [5.74, 6) is 0.434. The van der Waals surface area contributed by atoms with Crippen molar-refractivity contribution in [2.45, 2.75) is 25.1 Å². The number of fused-ring (bicyclic) bond motifs is 1. The molecule has 0 radical (unpaired) electrons. The fraction of sp³-hybridized carbons (Fsp3) is 0.368. The number of halogens is 4. The Morgan fingerprint density at radius 1 is 1.07 bits per heavy atom. The molecule has 0 saturated carbocycles. The average molecular weight is 440 g/mol. The molecule has 3 aromatic heterocycles. The van der Waals surface area contributed by atoms with Crippen LogP contribution in [0.25, 0.3) is 11.2 Å². The van der Waals surface area contributed by atoms with Crippen LogP contribution in [0, 0.1) is 0 Å². The zero-order valence-electron chi connectivity index (χ0n) is 15.9. The molecule has 0 aromatic carbocycles. The largest absolute Gasteiger partial charge is 0.417 e. The molecule has 1 aliphatic heterocycles. The zero-order chi connectivity index (χ0) is 21.6. The minimum atomic E-state index is -4.44. The Morgan fingerprint density at radius 2 is 1.77 bits per heavy atom. The Hall–Kier alpha value is -2.88. The molecule has 0 unspecified atom stereocenters. The molecular weight excluding hydrogens is 423 g/mol. The van der Waals surface area contributed by atoms with E-state index in [9.17, 15) is 22.8 Å². The van der Waals surface area contributed by atoms with Gasteiger partial charge in [0.05, 0.1) is 11.1 Å². The number of hydrogen-bond acceptors (Lipinski definition) is 5. The monoisotopic (exact) mass is 439 g/mol. The van der Waals surface area contributed by atoms with E-state index in [0.717, 1.165) is 12.3 Å². The first kappa shape index (κ1) is 20.4. The van der Waals surface area contributed by atoms with Crippen molar-refractivity contribution in [3.63, 3.8) is 0 Å². The third-order valence-electron chi connectivity index (χ3n) is 5.35. The second kappa shape index (κ2) is 7.42. The van der Waals surface area contributed by atoms with E-state index >= 15 is 0 Å². The van der Waals surface area contributed by atoms with Crippen LogP contribution in [0.1, 0.15) is 24.4 Å². The van der Waals surface area contributed by atoms with Crippen molar-refractivity contribution in [1.82, 2.24) is 19.1 Å². The lowest BCUT2D eigenvalue weighted by atomic mass is 10.0. The van der Waals surface area contributed by atoms with Gasteiger partial charge in [-0.3, -0.25) is 14.2 Å². The number of rotatable bonds is 2. The molecule has 3 aromatic rings. The fourth-order valence-electron chi connectivity index (χ4n) is 3.74. The van der Waals surface area contributed by atoms with Gasteiger partial charge in [-0.25, -0.2) is 9.97 Å². The molecule has 158 valence electrons. The van der Waals surface area contributed by atoms with Crippen molar-refractivity contribution < 1.29 is 13.2 Å². The molecular formula is C19H17ClF3N5O2. The number of piperidine rings is 1. The highest BCUT2D eigenvalue weighted by molar-refractivity contribution is 6.29. The van der Waals surface area contributed by atoms with Crippen LogP contribution in [-0.4, -0.2) is 32.2 Å². The van der Waals surface area contributed by atoms with Crippen LogP contribution in [0.4, 0.5) is 19.0 Å². The highest BCUT2D eigenvalue weighted by atomic mass is 35.5. The summed E-state index contributed by atoms with van der Waals surface area (Å²) in [6, 6.07) is 5.25. The molecule has 4 heterocycles. The predicted molar refractivity (Wildman–Crippen MR) is 106 cm³/mol. The molecule has 0 spiro atoms. The predicted octanol–water partition coefficient (Wildman–Crippen LogP) is 3.00. The van der Waals surface area contributed by atoms with Gasteiger partial charge in [0, 0.05) is 32.4 Å². The maximum atomic E-state index is 12.7. The van der Waals surface area contributed by atoms with E-state index in [2.05, 4.69) is 9.97 Å². The van der Waals surface area contributed by atoms with Gasteiger partial charge < -0.3 is 9.47 Å². The smallest absolute Gasteiger partial charge is 0.356 e. The summed E-state index contributed by atoms with van der Waals surface area (Å²) in [7, 11) is 1.50. The van der Waals surface area contributed by atoms with Crippen LogP contribution in [-0.2, 0) is 13.2 Å². The van der Waals surface area contributed by atoms with Gasteiger partial charge in [0.2, 0.25) is 0 Å². The molecule has 0 amide bonds. The summed E-state index contributed by atoms with van der Waals surface area (Å²) >= 11 is 6.01. The minimum Gasteiger partial charge on any atom is -0.356 e. The van der Waals surface area contributed by atoms with E-state index in [1.807, 2.05) is 4.90 Å². The molecule has 4 rings (SSSR count). The first-order valence-electron chi connectivity index (χ1n) is 9.23. The van der Waals surface area contributed by atoms with Crippen LogP contribution in [0.5, 0.6) is 0 Å². The van der Waals surface area contributed by atoms with Gasteiger partial charge in [-0.1, -0.05) is 11.6 Å². The van der Waals surface area contributed by atoms with Gasteiger partial charge in [-0.15, -0.1) is 0 Å². The van der Waals surface area contributed by atoms with Gasteiger partial charge in [-0.2, -0.15) is 13.2 Å². The molecule has 1 fully saturated rings. The highest BCUT2D eigenvalue weighted by Crippen LogP contribution is 2.31. The second-order valence-corrected chi connectivity index (χ2v) is 7.52. The minimum absolute atomic E-state index is 0.209. The van der Waals surface area contributed by atoms with Gasteiger partial charge in [-0.05, 0) is 37.1 Å². The van der Waals surface area contributed by atoms with Crippen LogP contribution in [0.3, 0.4) is 0 Å². The number of aryl methyl sites for hydroxylation is 1. The van der Waals surface area contributed by atoms with Crippen molar-refractivity contribution in [2.75, 3.05) is 18.0 Å². The van der Waals surface area contributed by atoms with E-state index in [-0.39, 0.29) is 11.2 Å². The SMILES string of the molecule is Cn1c(=O)c(=O)n(C2CCN(c3ccc(C(F)(F)F)cn3)CC2)c2nc(Cl)ccc21. The number of aromatic nitrogens is 4. The Balaban J connectivity index is 1.62. The average Bonchev–Trinajstić information content (AvgIpc) is 2.72. The molecule has 1 saturated heterocycles. The molecule has 0 bridgehead atoms. The lowest BCUT2D eigenvalue weighted by molar-refractivity contribution is -0.137. The van der Waals surface area contributed by atoms with Crippen molar-refractivity contribution in [1.29, 1.82) is 0 Å². The molecule has 0 aliphatic carbocycles. The van der Waals surface area contributed by atoms with Crippen molar-refractivity contribution in [3.8, 4) is 0 Å². The van der Waals surface area contributed by atoms with Crippen LogP contribution in [0.15, 0.2) is 40.1 Å². The van der Waals surface area contributed by atoms with E-state index in [1.54, 1.807) is 12.1 Å². The molecule has 11 heteroatoms. The van der Waals surface area contributed by atoms with E-state index < -0.39 is 22.9 Å². The number of pyridine rings is 2. The summed E-state index contributed by atoms with van der Waals surface area (Å²) < 4.78 is 40.8. The first-order valence-corrected chi connectivity index (χ1v) is 9.60. The lowest BCUT2D eigenvalue weighted by Crippen LogP contribution is -2.45. The quantitative estimate of drug-likeness (QED) is 0.453. The summed E-state index contributed by atoms with van der Waals surface area (Å²) in [6.07, 6.45) is -2.63. The second-order valence-electron chi connectivity index (χ2n) is 7.14. The van der Waals surface area contributed by atoms with Crippen LogP contribution >= 0.6 is 11.6 Å². The zero-order valence-corrected chi connectivity index (χ0v) is 16.6. The highest BCUT2D eigenvalue weighted by Gasteiger charge is 2.31. The van der Waals surface area contributed by atoms with E-state index in [1.165, 1.54) is 22.2 Å². The standard InChI is InChI=1S/C19H17ClF3N5O2/c1-26-13-3-4-14(20)25-16(13)28(18(30)17(26)29)12-6-8-27(9-7-12)15-5-2-11(10-24-15)19(21,22)23/h2-5,10,12H,6-9H2,1H3. The van der Waals surface area contributed by atoms with Gasteiger partial charge in [0.25, 0.3) is 0 Å². The normalized spacial score (nSPS) is 15.7. The van der Waals surface area contributed by atoms with Gasteiger partial charge in [0.15, 0.2) is 5.65 Å². The maximum Gasteiger partial charge on any atom is 0.417 e. The van der Waals surface area contributed by atoms with Crippen LogP contribution in [0.2, 0.25) is 5.15 Å². The van der Waals surface area contributed by atoms with Gasteiger partial charge in [0.1, 0.15) is 11.0 Å². The molecule has 0 atom stereocenters. The number of alkyl halides is 3. The Labute approximate surface area is 173 Å². The van der Waals surface area contributed by atoms with Gasteiger partial charge >= 0.3 is 17.3 Å². The summed E-state index contributed by atoms with van der Waals surface area (Å²) in [6.45, 7) is 0.930. The number of hydrogen-bond donors (Lipinski definition) is 0.